The first-order chi connectivity index (χ1) is 10.0. The largest absolute Gasteiger partial charge is 0.437 e. The number of rotatable bonds is 11. The van der Waals surface area contributed by atoms with Gasteiger partial charge >= 0.3 is 17.1 Å². The second-order valence-corrected chi connectivity index (χ2v) is 25.7. The average molecular weight is 397 g/mol. The van der Waals surface area contributed by atoms with Crippen molar-refractivity contribution in [3.05, 3.63) is 0 Å². The monoisotopic (exact) mass is 396 g/mol. The third-order valence-electron chi connectivity index (χ3n) is 2.69. The molecule has 0 N–H and O–H groups in total. The molecule has 0 aliphatic heterocycles. The molecule has 0 fully saturated rings. The van der Waals surface area contributed by atoms with E-state index in [2.05, 4.69) is 72.8 Å². The predicted octanol–water partition coefficient (Wildman–Crippen LogP) is 5.15. The third kappa shape index (κ3) is 13.7. The van der Waals surface area contributed by atoms with E-state index in [0.29, 0.717) is 12.5 Å². The standard InChI is InChI=1S/C15H40O4Si4/c1-15(2)14-16-12-13-23(11,18-21(6,7)8)19-22(9,10)17-20(3,4)5/h15H,12-14H2,1-11H3. The number of ether oxygens (including phenoxy) is 1. The summed E-state index contributed by atoms with van der Waals surface area (Å²) in [5.41, 5.74) is 0. The maximum atomic E-state index is 6.61. The predicted molar refractivity (Wildman–Crippen MR) is 110 cm³/mol. The van der Waals surface area contributed by atoms with Crippen molar-refractivity contribution in [3.8, 4) is 0 Å². The fourth-order valence-electron chi connectivity index (χ4n) is 2.63. The Morgan fingerprint density at radius 1 is 0.696 bits per heavy atom. The van der Waals surface area contributed by atoms with Gasteiger partial charge < -0.3 is 17.1 Å². The number of hydrogen-bond donors (Lipinski definition) is 0. The van der Waals surface area contributed by atoms with E-state index in [9.17, 15) is 0 Å². The van der Waals surface area contributed by atoms with Gasteiger partial charge in [0.15, 0.2) is 16.6 Å². The molecule has 0 aromatic rings. The molecule has 4 nitrogen and oxygen atoms in total. The Bertz CT molecular complexity index is 350. The van der Waals surface area contributed by atoms with E-state index >= 15 is 0 Å². The molecule has 0 aromatic carbocycles. The highest BCUT2D eigenvalue weighted by Gasteiger charge is 2.44. The lowest BCUT2D eigenvalue weighted by Gasteiger charge is -2.41. The summed E-state index contributed by atoms with van der Waals surface area (Å²) in [4.78, 5) is 0. The summed E-state index contributed by atoms with van der Waals surface area (Å²) in [6, 6.07) is 0.871. The van der Waals surface area contributed by atoms with Crippen LogP contribution >= 0.6 is 0 Å². The molecule has 0 saturated carbocycles. The molecule has 0 bridgehead atoms. The molecule has 1 atom stereocenters. The van der Waals surface area contributed by atoms with Crippen molar-refractivity contribution in [2.45, 2.75) is 78.8 Å². The molecule has 1 unspecified atom stereocenters. The zero-order chi connectivity index (χ0) is 18.5. The maximum Gasteiger partial charge on any atom is 0.318 e. The molecule has 0 aliphatic rings. The van der Waals surface area contributed by atoms with Crippen LogP contribution in [0.4, 0.5) is 0 Å². The van der Waals surface area contributed by atoms with E-state index in [1.807, 2.05) is 0 Å². The smallest absolute Gasteiger partial charge is 0.318 e. The van der Waals surface area contributed by atoms with E-state index in [1.54, 1.807) is 0 Å². The highest BCUT2D eigenvalue weighted by atomic mass is 28.5. The van der Waals surface area contributed by atoms with Crippen LogP contribution in [-0.4, -0.2) is 47.0 Å². The zero-order valence-electron chi connectivity index (χ0n) is 17.3. The van der Waals surface area contributed by atoms with E-state index in [1.165, 1.54) is 0 Å². The molecule has 23 heavy (non-hydrogen) atoms. The Balaban J connectivity index is 4.91. The molecule has 8 heteroatoms. The highest BCUT2D eigenvalue weighted by molar-refractivity contribution is 6.89. The first-order valence-corrected chi connectivity index (χ1v) is 20.9. The zero-order valence-corrected chi connectivity index (χ0v) is 21.3. The van der Waals surface area contributed by atoms with E-state index in [-0.39, 0.29) is 0 Å². The molecule has 0 heterocycles. The van der Waals surface area contributed by atoms with Crippen molar-refractivity contribution in [2.75, 3.05) is 13.2 Å². The Morgan fingerprint density at radius 3 is 1.57 bits per heavy atom. The summed E-state index contributed by atoms with van der Waals surface area (Å²) in [6.45, 7) is 25.7. The summed E-state index contributed by atoms with van der Waals surface area (Å²) in [5.74, 6) is 0.558. The highest BCUT2D eigenvalue weighted by Crippen LogP contribution is 2.26. The Morgan fingerprint density at radius 2 is 1.17 bits per heavy atom. The van der Waals surface area contributed by atoms with Crippen molar-refractivity contribution in [2.24, 2.45) is 5.92 Å². The molecule has 0 saturated heterocycles. The van der Waals surface area contributed by atoms with Crippen molar-refractivity contribution < 1.29 is 17.1 Å². The van der Waals surface area contributed by atoms with Crippen molar-refractivity contribution in [3.63, 3.8) is 0 Å². The SMILES string of the molecule is CC(C)COCC[Si](C)(O[Si](C)(C)C)O[Si](C)(C)O[Si](C)(C)C. The van der Waals surface area contributed by atoms with Crippen molar-refractivity contribution in [1.82, 2.24) is 0 Å². The average Bonchev–Trinajstić information content (AvgIpc) is 2.16. The normalized spacial score (nSPS) is 16.7. The van der Waals surface area contributed by atoms with Crippen LogP contribution < -0.4 is 0 Å². The van der Waals surface area contributed by atoms with Gasteiger partial charge in [0.05, 0.1) is 0 Å². The van der Waals surface area contributed by atoms with Gasteiger partial charge in [-0.15, -0.1) is 0 Å². The van der Waals surface area contributed by atoms with Crippen LogP contribution in [0, 0.1) is 5.92 Å². The minimum Gasteiger partial charge on any atom is -0.437 e. The van der Waals surface area contributed by atoms with Crippen LogP contribution in [0.1, 0.15) is 13.8 Å². The molecular weight excluding hydrogens is 357 g/mol. The molecule has 0 rings (SSSR count). The molecular formula is C15H40O4Si4. The summed E-state index contributed by atoms with van der Waals surface area (Å²) in [7, 11) is -7.78. The Labute approximate surface area is 149 Å². The first kappa shape index (κ1) is 23.7. The van der Waals surface area contributed by atoms with Gasteiger partial charge in [-0.3, -0.25) is 0 Å². The van der Waals surface area contributed by atoms with Gasteiger partial charge in [0, 0.05) is 19.3 Å². The summed E-state index contributed by atoms with van der Waals surface area (Å²) in [5, 5.41) is 0. The fraction of sp³-hybridized carbons (Fsp3) is 1.00. The van der Waals surface area contributed by atoms with Crippen molar-refractivity contribution >= 4 is 33.8 Å². The second kappa shape index (κ2) is 8.88. The molecule has 140 valence electrons. The lowest BCUT2D eigenvalue weighted by Crippen LogP contribution is -2.57. The van der Waals surface area contributed by atoms with Crippen LogP contribution in [0.5, 0.6) is 0 Å². The van der Waals surface area contributed by atoms with Gasteiger partial charge in [-0.05, 0) is 64.8 Å². The van der Waals surface area contributed by atoms with Gasteiger partial charge in [0.2, 0.25) is 0 Å². The molecule has 0 amide bonds. The van der Waals surface area contributed by atoms with Gasteiger partial charge in [-0.1, -0.05) is 13.8 Å². The van der Waals surface area contributed by atoms with Gasteiger partial charge in [0.25, 0.3) is 0 Å². The Kier molecular flexibility index (Phi) is 9.16. The van der Waals surface area contributed by atoms with E-state index in [4.69, 9.17) is 17.1 Å². The summed E-state index contributed by atoms with van der Waals surface area (Å²) < 4.78 is 25.3. The van der Waals surface area contributed by atoms with Crippen LogP contribution in [-0.2, 0) is 17.1 Å². The van der Waals surface area contributed by atoms with Crippen molar-refractivity contribution in [1.29, 1.82) is 0 Å². The minimum absolute atomic E-state index is 0.558. The second-order valence-electron chi connectivity index (χ2n) is 9.28. The van der Waals surface area contributed by atoms with Crippen LogP contribution in [0.25, 0.3) is 0 Å². The first-order valence-electron chi connectivity index (χ1n) is 8.72. The summed E-state index contributed by atoms with van der Waals surface area (Å²) in [6.07, 6.45) is 0. The van der Waals surface area contributed by atoms with Crippen LogP contribution in [0.3, 0.4) is 0 Å². The van der Waals surface area contributed by atoms with Gasteiger partial charge in [-0.25, -0.2) is 0 Å². The fourth-order valence-corrected chi connectivity index (χ4v) is 20.3. The lowest BCUT2D eigenvalue weighted by molar-refractivity contribution is 0.116. The number of hydrogen-bond acceptors (Lipinski definition) is 4. The van der Waals surface area contributed by atoms with Crippen LogP contribution in [0.2, 0.25) is 65.0 Å². The minimum atomic E-state index is -2.30. The third-order valence-corrected chi connectivity index (χ3v) is 16.1. The molecule has 0 radical (unpaired) electrons. The lowest BCUT2D eigenvalue weighted by atomic mass is 10.2. The molecule has 0 aromatic heterocycles. The maximum absolute atomic E-state index is 6.61. The topological polar surface area (TPSA) is 36.9 Å². The summed E-state index contributed by atoms with van der Waals surface area (Å²) >= 11 is 0. The van der Waals surface area contributed by atoms with Gasteiger partial charge in [0.1, 0.15) is 0 Å². The molecule has 0 spiro atoms. The van der Waals surface area contributed by atoms with Gasteiger partial charge in [-0.2, -0.15) is 0 Å². The van der Waals surface area contributed by atoms with E-state index in [0.717, 1.165) is 12.7 Å². The van der Waals surface area contributed by atoms with Crippen LogP contribution in [0.15, 0.2) is 0 Å². The molecule has 0 aliphatic carbocycles. The van der Waals surface area contributed by atoms with E-state index < -0.39 is 33.8 Å². The quantitative estimate of drug-likeness (QED) is 0.357. The Hall–Kier alpha value is 0.708.